The van der Waals surface area contributed by atoms with Gasteiger partial charge in [0.05, 0.1) is 22.7 Å². The number of ether oxygens (including phenoxy) is 1. The fraction of sp³-hybridized carbons (Fsp3) is 0.250. The maximum Gasteiger partial charge on any atom is 0.328 e. The van der Waals surface area contributed by atoms with Crippen LogP contribution in [0, 0.1) is 6.92 Å². The average molecular weight is 527 g/mol. The maximum atomic E-state index is 13.2. The van der Waals surface area contributed by atoms with Gasteiger partial charge in [-0.05, 0) is 53.8 Å². The molecule has 0 aliphatic carbocycles. The van der Waals surface area contributed by atoms with Gasteiger partial charge in [-0.3, -0.25) is 9.59 Å². The number of aryl methyl sites for hydroxylation is 1. The summed E-state index contributed by atoms with van der Waals surface area (Å²) in [5, 5.41) is 6.10. The minimum atomic E-state index is -0.885. The van der Waals surface area contributed by atoms with Gasteiger partial charge in [-0.1, -0.05) is 73.4 Å². The Labute approximate surface area is 220 Å². The lowest BCUT2D eigenvalue weighted by molar-refractivity contribution is -0.142. The number of rotatable bonds is 8. The van der Waals surface area contributed by atoms with Crippen molar-refractivity contribution in [3.05, 3.63) is 98.5 Å². The molecule has 188 valence electrons. The minimum Gasteiger partial charge on any atom is -0.467 e. The van der Waals surface area contributed by atoms with Gasteiger partial charge < -0.3 is 15.4 Å². The molecule has 1 atom stereocenters. The zero-order valence-electron chi connectivity index (χ0n) is 20.5. The monoisotopic (exact) mass is 526 g/mol. The van der Waals surface area contributed by atoms with Gasteiger partial charge in [-0.2, -0.15) is 0 Å². The van der Waals surface area contributed by atoms with Crippen LogP contribution in [0.1, 0.15) is 57.2 Å². The summed E-state index contributed by atoms with van der Waals surface area (Å²) in [4.78, 5) is 38.3. The van der Waals surface area contributed by atoms with Crippen LogP contribution in [0.25, 0.3) is 0 Å². The van der Waals surface area contributed by atoms with E-state index in [0.29, 0.717) is 11.3 Å². The number of carbonyl (C=O) groups excluding carboxylic acids is 3. The van der Waals surface area contributed by atoms with Crippen LogP contribution >= 0.6 is 23.2 Å². The summed E-state index contributed by atoms with van der Waals surface area (Å²) in [7, 11) is 1.28. The Morgan fingerprint density at radius 2 is 1.47 bits per heavy atom. The fourth-order valence-electron chi connectivity index (χ4n) is 3.92. The average Bonchev–Trinajstić information content (AvgIpc) is 2.83. The minimum absolute atomic E-state index is 0.144. The van der Waals surface area contributed by atoms with Crippen LogP contribution in [0.4, 0.5) is 5.69 Å². The molecule has 0 saturated heterocycles. The van der Waals surface area contributed by atoms with Gasteiger partial charge in [0.15, 0.2) is 0 Å². The first-order valence-electron chi connectivity index (χ1n) is 11.4. The van der Waals surface area contributed by atoms with Crippen molar-refractivity contribution in [3.8, 4) is 0 Å². The van der Waals surface area contributed by atoms with E-state index >= 15 is 0 Å². The molecule has 0 saturated carbocycles. The van der Waals surface area contributed by atoms with E-state index in [4.69, 9.17) is 27.9 Å². The lowest BCUT2D eigenvalue weighted by Crippen LogP contribution is -2.43. The van der Waals surface area contributed by atoms with Gasteiger partial charge in [0, 0.05) is 17.7 Å². The quantitative estimate of drug-likeness (QED) is 0.342. The zero-order chi connectivity index (χ0) is 26.4. The van der Waals surface area contributed by atoms with Crippen LogP contribution in [0.2, 0.25) is 10.0 Å². The van der Waals surface area contributed by atoms with E-state index in [9.17, 15) is 14.4 Å². The number of anilines is 1. The van der Waals surface area contributed by atoms with E-state index in [1.165, 1.54) is 7.11 Å². The predicted octanol–water partition coefficient (Wildman–Crippen LogP) is 6.19. The van der Waals surface area contributed by atoms with E-state index in [1.54, 1.807) is 42.5 Å². The summed E-state index contributed by atoms with van der Waals surface area (Å²) in [6.07, 6.45) is 0.214. The standard InChI is InChI=1S/C28H28Cl2N2O4/c1-16(2)20-8-5-7-17(3)24(20)26(33)32-23(28(35)36-4)15-18-11-13-19(14-12-18)31-27(34)25-21(29)9-6-10-22(25)30/h5-14,16,23H,15H2,1-4H3,(H,31,34)(H,32,33)/t23-/m0/s1. The molecule has 36 heavy (non-hydrogen) atoms. The molecule has 0 aromatic heterocycles. The summed E-state index contributed by atoms with van der Waals surface area (Å²) in [5.41, 5.74) is 3.80. The number of benzene rings is 3. The van der Waals surface area contributed by atoms with Gasteiger partial charge in [0.2, 0.25) is 0 Å². The molecule has 0 heterocycles. The summed E-state index contributed by atoms with van der Waals surface area (Å²) < 4.78 is 4.94. The molecule has 3 aromatic rings. The second kappa shape index (κ2) is 12.1. The molecule has 0 unspecified atom stereocenters. The highest BCUT2D eigenvalue weighted by atomic mass is 35.5. The predicted molar refractivity (Wildman–Crippen MR) is 143 cm³/mol. The first kappa shape index (κ1) is 27.2. The lowest BCUT2D eigenvalue weighted by Gasteiger charge is -2.20. The van der Waals surface area contributed by atoms with Gasteiger partial charge in [-0.15, -0.1) is 0 Å². The van der Waals surface area contributed by atoms with Crippen LogP contribution in [0.5, 0.6) is 0 Å². The molecule has 8 heteroatoms. The Bertz CT molecular complexity index is 1250. The van der Waals surface area contributed by atoms with E-state index in [1.807, 2.05) is 39.0 Å². The highest BCUT2D eigenvalue weighted by molar-refractivity contribution is 6.40. The molecule has 0 bridgehead atoms. The van der Waals surface area contributed by atoms with Crippen molar-refractivity contribution >= 4 is 46.7 Å². The SMILES string of the molecule is COC(=O)[C@H](Cc1ccc(NC(=O)c2c(Cl)cccc2Cl)cc1)NC(=O)c1c(C)cccc1C(C)C. The number of hydrogen-bond acceptors (Lipinski definition) is 4. The van der Waals surface area contributed by atoms with Crippen molar-refractivity contribution in [2.45, 2.75) is 39.2 Å². The Balaban J connectivity index is 1.75. The second-order valence-electron chi connectivity index (χ2n) is 8.69. The molecule has 0 spiro atoms. The number of halogens is 2. The first-order chi connectivity index (χ1) is 17.1. The van der Waals surface area contributed by atoms with Gasteiger partial charge in [0.25, 0.3) is 11.8 Å². The molecule has 2 amide bonds. The van der Waals surface area contributed by atoms with Crippen molar-refractivity contribution in [2.24, 2.45) is 0 Å². The summed E-state index contributed by atoms with van der Waals surface area (Å²) in [6, 6.07) is 16.6. The van der Waals surface area contributed by atoms with Gasteiger partial charge in [0.1, 0.15) is 6.04 Å². The third kappa shape index (κ3) is 6.45. The first-order valence-corrected chi connectivity index (χ1v) is 12.2. The smallest absolute Gasteiger partial charge is 0.328 e. The van der Waals surface area contributed by atoms with Crippen molar-refractivity contribution in [3.63, 3.8) is 0 Å². The number of methoxy groups -OCH3 is 1. The number of hydrogen-bond donors (Lipinski definition) is 2. The van der Waals surface area contributed by atoms with Crippen LogP contribution in [-0.2, 0) is 16.0 Å². The molecule has 0 fully saturated rings. The Morgan fingerprint density at radius 3 is 2.06 bits per heavy atom. The molecular formula is C28H28Cl2N2O4. The number of amides is 2. The molecule has 0 aliphatic heterocycles. The van der Waals surface area contributed by atoms with Crippen LogP contribution < -0.4 is 10.6 Å². The number of carbonyl (C=O) groups is 3. The Morgan fingerprint density at radius 1 is 0.861 bits per heavy atom. The van der Waals surface area contributed by atoms with E-state index in [-0.39, 0.29) is 33.9 Å². The number of esters is 1. The topological polar surface area (TPSA) is 84.5 Å². The van der Waals surface area contributed by atoms with E-state index < -0.39 is 17.9 Å². The van der Waals surface area contributed by atoms with Crippen molar-refractivity contribution in [1.82, 2.24) is 5.32 Å². The molecule has 2 N–H and O–H groups in total. The second-order valence-corrected chi connectivity index (χ2v) is 9.51. The van der Waals surface area contributed by atoms with Crippen molar-refractivity contribution in [1.29, 1.82) is 0 Å². The third-order valence-electron chi connectivity index (χ3n) is 5.79. The van der Waals surface area contributed by atoms with E-state index in [2.05, 4.69) is 10.6 Å². The molecule has 0 aliphatic rings. The molecule has 3 rings (SSSR count). The Kier molecular flexibility index (Phi) is 9.13. The Hall–Kier alpha value is -3.35. The highest BCUT2D eigenvalue weighted by Gasteiger charge is 2.25. The normalized spacial score (nSPS) is 11.6. The maximum absolute atomic E-state index is 13.2. The van der Waals surface area contributed by atoms with Crippen LogP contribution in [0.3, 0.4) is 0 Å². The third-order valence-corrected chi connectivity index (χ3v) is 6.42. The lowest BCUT2D eigenvalue weighted by atomic mass is 9.93. The fourth-order valence-corrected chi connectivity index (χ4v) is 4.48. The van der Waals surface area contributed by atoms with Crippen molar-refractivity contribution in [2.75, 3.05) is 12.4 Å². The van der Waals surface area contributed by atoms with Crippen molar-refractivity contribution < 1.29 is 19.1 Å². The summed E-state index contributed by atoms with van der Waals surface area (Å²) in [6.45, 7) is 5.91. The summed E-state index contributed by atoms with van der Waals surface area (Å²) in [5.74, 6) is -1.16. The summed E-state index contributed by atoms with van der Waals surface area (Å²) >= 11 is 12.2. The van der Waals surface area contributed by atoms with Crippen LogP contribution in [0.15, 0.2) is 60.7 Å². The van der Waals surface area contributed by atoms with Gasteiger partial charge in [-0.25, -0.2) is 4.79 Å². The zero-order valence-corrected chi connectivity index (χ0v) is 22.0. The number of nitrogens with one attached hydrogen (secondary N) is 2. The molecular weight excluding hydrogens is 499 g/mol. The largest absolute Gasteiger partial charge is 0.467 e. The van der Waals surface area contributed by atoms with E-state index in [0.717, 1.165) is 16.7 Å². The van der Waals surface area contributed by atoms with Gasteiger partial charge >= 0.3 is 5.97 Å². The van der Waals surface area contributed by atoms with Crippen LogP contribution in [-0.4, -0.2) is 30.9 Å². The highest BCUT2D eigenvalue weighted by Crippen LogP contribution is 2.26. The molecule has 3 aromatic carbocycles. The molecule has 6 nitrogen and oxygen atoms in total. The molecule has 0 radical (unpaired) electrons.